The van der Waals surface area contributed by atoms with Crippen LogP contribution in [0.3, 0.4) is 0 Å². The molecular formula is C14H18ClN2O4-. The zero-order valence-corrected chi connectivity index (χ0v) is 12.3. The predicted molar refractivity (Wildman–Crippen MR) is 76.6 cm³/mol. The van der Waals surface area contributed by atoms with Gasteiger partial charge in [0.25, 0.3) is 0 Å². The fourth-order valence-electron chi connectivity index (χ4n) is 2.36. The Morgan fingerprint density at radius 3 is 2.62 bits per heavy atom. The smallest absolute Gasteiger partial charge is 0.410 e. The fourth-order valence-corrected chi connectivity index (χ4v) is 2.36. The minimum absolute atomic E-state index is 0. The monoisotopic (exact) mass is 313 g/mol. The van der Waals surface area contributed by atoms with Crippen LogP contribution in [0, 0.1) is 0 Å². The number of rotatable bonds is 4. The van der Waals surface area contributed by atoms with Gasteiger partial charge in [0.1, 0.15) is 6.61 Å². The highest BCUT2D eigenvalue weighted by molar-refractivity contribution is 5.85. The van der Waals surface area contributed by atoms with E-state index >= 15 is 0 Å². The summed E-state index contributed by atoms with van der Waals surface area (Å²) in [5.74, 6) is -1.19. The van der Waals surface area contributed by atoms with Crippen LogP contribution in [0.4, 0.5) is 4.79 Å². The quantitative estimate of drug-likeness (QED) is 0.861. The van der Waals surface area contributed by atoms with Crippen LogP contribution in [0.25, 0.3) is 0 Å². The van der Waals surface area contributed by atoms with Crippen molar-refractivity contribution in [3.05, 3.63) is 35.9 Å². The Balaban J connectivity index is 0.00000220. The van der Waals surface area contributed by atoms with E-state index in [1.165, 1.54) is 4.90 Å². The van der Waals surface area contributed by atoms with E-state index in [1.807, 2.05) is 30.3 Å². The number of aliphatic carboxylic acids is 1. The van der Waals surface area contributed by atoms with Crippen molar-refractivity contribution in [1.82, 2.24) is 4.90 Å². The van der Waals surface area contributed by atoms with E-state index in [-0.39, 0.29) is 31.5 Å². The first kappa shape index (κ1) is 17.3. The molecule has 0 radical (unpaired) electrons. The SMILES string of the molecule is Cl.N[C@H]1C[C@@H](CC(=O)[O-])N(C(=O)OCc2ccccc2)C1. The molecule has 1 heterocycles. The van der Waals surface area contributed by atoms with Gasteiger partial charge in [0.05, 0.1) is 0 Å². The number of carbonyl (C=O) groups excluding carboxylic acids is 2. The largest absolute Gasteiger partial charge is 0.550 e. The number of likely N-dealkylation sites (tertiary alicyclic amines) is 1. The van der Waals surface area contributed by atoms with Crippen molar-refractivity contribution in [3.8, 4) is 0 Å². The molecule has 1 amide bonds. The number of benzene rings is 1. The van der Waals surface area contributed by atoms with Gasteiger partial charge >= 0.3 is 6.09 Å². The van der Waals surface area contributed by atoms with Crippen molar-refractivity contribution in [1.29, 1.82) is 0 Å². The summed E-state index contributed by atoms with van der Waals surface area (Å²) in [4.78, 5) is 24.0. The predicted octanol–water partition coefficient (Wildman–Crippen LogP) is 0.287. The summed E-state index contributed by atoms with van der Waals surface area (Å²) in [6, 6.07) is 8.62. The normalized spacial score (nSPS) is 20.7. The van der Waals surface area contributed by atoms with E-state index in [2.05, 4.69) is 0 Å². The molecule has 0 bridgehead atoms. The highest BCUT2D eigenvalue weighted by atomic mass is 35.5. The summed E-state index contributed by atoms with van der Waals surface area (Å²) in [5.41, 5.74) is 6.65. The summed E-state index contributed by atoms with van der Waals surface area (Å²) >= 11 is 0. The number of nitrogens with zero attached hydrogens (tertiary/aromatic N) is 1. The third-order valence-electron chi connectivity index (χ3n) is 3.29. The molecule has 0 saturated carbocycles. The van der Waals surface area contributed by atoms with E-state index < -0.39 is 18.1 Å². The summed E-state index contributed by atoms with van der Waals surface area (Å²) in [6.45, 7) is 0.467. The van der Waals surface area contributed by atoms with Gasteiger partial charge in [0.15, 0.2) is 0 Å². The van der Waals surface area contributed by atoms with Crippen LogP contribution >= 0.6 is 12.4 Å². The number of amides is 1. The molecule has 0 aromatic heterocycles. The lowest BCUT2D eigenvalue weighted by Gasteiger charge is -2.24. The summed E-state index contributed by atoms with van der Waals surface area (Å²) < 4.78 is 5.19. The van der Waals surface area contributed by atoms with Crippen LogP contribution < -0.4 is 10.8 Å². The molecule has 1 aliphatic rings. The number of hydrogen-bond acceptors (Lipinski definition) is 5. The van der Waals surface area contributed by atoms with Crippen molar-refractivity contribution in [2.45, 2.75) is 31.5 Å². The second-order valence-electron chi connectivity index (χ2n) is 4.92. The number of hydrogen-bond donors (Lipinski definition) is 1. The zero-order chi connectivity index (χ0) is 14.5. The molecule has 1 fully saturated rings. The minimum atomic E-state index is -1.19. The Morgan fingerprint density at radius 1 is 1.33 bits per heavy atom. The number of carboxylic acid groups (broad SMARTS) is 1. The van der Waals surface area contributed by atoms with E-state index in [0.29, 0.717) is 13.0 Å². The Kier molecular flexibility index (Phi) is 6.45. The highest BCUT2D eigenvalue weighted by Crippen LogP contribution is 2.20. The number of carboxylic acids is 1. The molecule has 2 atom stereocenters. The van der Waals surface area contributed by atoms with Crippen LogP contribution in [0.15, 0.2) is 30.3 Å². The van der Waals surface area contributed by atoms with Crippen molar-refractivity contribution in [2.75, 3.05) is 6.54 Å². The van der Waals surface area contributed by atoms with Crippen molar-refractivity contribution in [3.63, 3.8) is 0 Å². The molecule has 0 aliphatic carbocycles. The van der Waals surface area contributed by atoms with Gasteiger partial charge in [-0.2, -0.15) is 0 Å². The average Bonchev–Trinajstić information content (AvgIpc) is 2.77. The van der Waals surface area contributed by atoms with Crippen LogP contribution in [0.1, 0.15) is 18.4 Å². The van der Waals surface area contributed by atoms with Gasteiger partial charge < -0.3 is 25.3 Å². The topological polar surface area (TPSA) is 95.7 Å². The minimum Gasteiger partial charge on any atom is -0.550 e. The summed E-state index contributed by atoms with van der Waals surface area (Å²) in [6.07, 6.45) is -0.296. The Hall–Kier alpha value is -1.79. The lowest BCUT2D eigenvalue weighted by atomic mass is 10.1. The first-order valence-corrected chi connectivity index (χ1v) is 6.49. The molecule has 2 rings (SSSR count). The lowest BCUT2D eigenvalue weighted by molar-refractivity contribution is -0.306. The van der Waals surface area contributed by atoms with Crippen LogP contribution in [-0.4, -0.2) is 35.6 Å². The third-order valence-corrected chi connectivity index (χ3v) is 3.29. The van der Waals surface area contributed by atoms with E-state index in [1.54, 1.807) is 0 Å². The molecule has 1 aromatic rings. The van der Waals surface area contributed by atoms with Crippen LogP contribution in [0.2, 0.25) is 0 Å². The maximum absolute atomic E-state index is 12.0. The fraction of sp³-hybridized carbons (Fsp3) is 0.429. The Morgan fingerprint density at radius 2 is 2.00 bits per heavy atom. The number of nitrogens with two attached hydrogens (primary N) is 1. The maximum atomic E-state index is 12.0. The van der Waals surface area contributed by atoms with Gasteiger partial charge in [-0.15, -0.1) is 12.4 Å². The lowest BCUT2D eigenvalue weighted by Crippen LogP contribution is -2.40. The van der Waals surface area contributed by atoms with Gasteiger partial charge in [-0.25, -0.2) is 4.79 Å². The molecule has 0 unspecified atom stereocenters. The van der Waals surface area contributed by atoms with Crippen molar-refractivity contribution >= 4 is 24.5 Å². The number of halogens is 1. The summed E-state index contributed by atoms with van der Waals surface area (Å²) in [7, 11) is 0. The van der Waals surface area contributed by atoms with Gasteiger partial charge in [-0.3, -0.25) is 0 Å². The second-order valence-corrected chi connectivity index (χ2v) is 4.92. The van der Waals surface area contributed by atoms with Gasteiger partial charge in [-0.1, -0.05) is 30.3 Å². The van der Waals surface area contributed by atoms with Crippen LogP contribution in [-0.2, 0) is 16.1 Å². The van der Waals surface area contributed by atoms with E-state index in [4.69, 9.17) is 10.5 Å². The van der Waals surface area contributed by atoms with E-state index in [9.17, 15) is 14.7 Å². The molecule has 2 N–H and O–H groups in total. The summed E-state index contributed by atoms with van der Waals surface area (Å²) in [5, 5.41) is 10.7. The standard InChI is InChI=1S/C14H18N2O4.ClH/c15-11-6-12(7-13(17)18)16(8-11)14(19)20-9-10-4-2-1-3-5-10;/h1-5,11-12H,6-9,15H2,(H,17,18);1H/p-1/t11-,12-;/m0./s1. The van der Waals surface area contributed by atoms with Crippen molar-refractivity contribution in [2.24, 2.45) is 5.73 Å². The van der Waals surface area contributed by atoms with Gasteiger partial charge in [0.2, 0.25) is 0 Å². The first-order valence-electron chi connectivity index (χ1n) is 6.49. The first-order chi connectivity index (χ1) is 9.56. The van der Waals surface area contributed by atoms with E-state index in [0.717, 1.165) is 5.56 Å². The molecule has 21 heavy (non-hydrogen) atoms. The molecule has 1 aromatic carbocycles. The van der Waals surface area contributed by atoms with Gasteiger partial charge in [0, 0.05) is 31.0 Å². The highest BCUT2D eigenvalue weighted by Gasteiger charge is 2.34. The molecule has 7 heteroatoms. The molecular weight excluding hydrogens is 296 g/mol. The molecule has 1 saturated heterocycles. The van der Waals surface area contributed by atoms with Crippen molar-refractivity contribution < 1.29 is 19.4 Å². The zero-order valence-electron chi connectivity index (χ0n) is 11.4. The molecule has 6 nitrogen and oxygen atoms in total. The number of carbonyl (C=O) groups is 2. The number of ether oxygens (including phenoxy) is 1. The molecule has 0 spiro atoms. The average molecular weight is 314 g/mol. The Labute approximate surface area is 129 Å². The maximum Gasteiger partial charge on any atom is 0.410 e. The van der Waals surface area contributed by atoms with Gasteiger partial charge in [-0.05, 0) is 12.0 Å². The molecule has 116 valence electrons. The second kappa shape index (κ2) is 7.85. The van der Waals surface area contributed by atoms with Crippen LogP contribution in [0.5, 0.6) is 0 Å². The Bertz CT molecular complexity index is 483. The molecule has 1 aliphatic heterocycles. The third kappa shape index (κ3) is 4.91.